The van der Waals surface area contributed by atoms with Crippen LogP contribution in [-0.4, -0.2) is 0 Å². The minimum absolute atomic E-state index is 1.32. The number of rotatable bonds is 1. The largest absolute Gasteiger partial charge is 0.194 e. The average Bonchev–Trinajstić information content (AvgIpc) is 2.39. The summed E-state index contributed by atoms with van der Waals surface area (Å²) in [6.07, 6.45) is 10.6. The topological polar surface area (TPSA) is 23.8 Å². The van der Waals surface area contributed by atoms with Crippen LogP contribution in [0.2, 0.25) is 0 Å². The van der Waals surface area contributed by atoms with Gasteiger partial charge in [-0.25, -0.2) is 0 Å². The van der Waals surface area contributed by atoms with E-state index >= 15 is 0 Å². The molecule has 0 N–H and O–H groups in total. The monoisotopic (exact) mass is 233 g/mol. The summed E-state index contributed by atoms with van der Waals surface area (Å²) in [4.78, 5) is 0. The van der Waals surface area contributed by atoms with Crippen LogP contribution in [0.3, 0.4) is 0 Å². The smallest absolute Gasteiger partial charge is 0.0804 e. The number of nitriles is 1. The van der Waals surface area contributed by atoms with Crippen LogP contribution in [-0.2, 0) is 0 Å². The Balaban J connectivity index is -0.0000000168. The molecule has 0 fully saturated rings. The van der Waals surface area contributed by atoms with Crippen LogP contribution in [0.25, 0.3) is 0 Å². The van der Waals surface area contributed by atoms with Crippen molar-refractivity contribution in [1.29, 1.82) is 5.26 Å². The summed E-state index contributed by atoms with van der Waals surface area (Å²) in [7, 11) is 1.88. The van der Waals surface area contributed by atoms with Crippen LogP contribution in [0.4, 0.5) is 0 Å². The molecular formula is C13H32NP. The van der Waals surface area contributed by atoms with E-state index < -0.39 is 0 Å². The quantitative estimate of drug-likeness (QED) is 0.435. The molecule has 0 saturated heterocycles. The molecule has 0 amide bonds. The highest BCUT2D eigenvalue weighted by molar-refractivity contribution is 7.23. The van der Waals surface area contributed by atoms with Crippen LogP contribution >= 0.6 is 9.24 Å². The molecule has 1 atom stereocenters. The average molecular weight is 233 g/mol. The lowest BCUT2D eigenvalue weighted by Crippen LogP contribution is -1.47. The number of nitrogens with zero attached hydrogens (tertiary/aromatic N) is 1. The Morgan fingerprint density at radius 3 is 0.933 bits per heavy atom. The highest BCUT2D eigenvalue weighted by Gasteiger charge is 1.56. The van der Waals surface area contributed by atoms with Gasteiger partial charge >= 0.3 is 0 Å². The minimum atomic E-state index is 1.32. The molecule has 0 aliphatic carbocycles. The molecule has 0 aromatic carbocycles. The summed E-state index contributed by atoms with van der Waals surface area (Å²) >= 11 is 0. The van der Waals surface area contributed by atoms with Crippen molar-refractivity contribution in [2.45, 2.75) is 68.2 Å². The van der Waals surface area contributed by atoms with E-state index in [1.165, 1.54) is 12.8 Å². The van der Waals surface area contributed by atoms with E-state index in [0.717, 1.165) is 0 Å². The summed E-state index contributed by atoms with van der Waals surface area (Å²) < 4.78 is 0. The summed E-state index contributed by atoms with van der Waals surface area (Å²) in [5.74, 6) is 1.67. The van der Waals surface area contributed by atoms with Gasteiger partial charge in [-0.2, -0.15) is 5.26 Å². The minimum Gasteiger partial charge on any atom is -0.194 e. The molecule has 0 bridgehead atoms. The van der Waals surface area contributed by atoms with Crippen molar-refractivity contribution in [3.63, 3.8) is 0 Å². The lowest BCUT2D eigenvalue weighted by atomic mass is 10.4. The maximum absolute atomic E-state index is 7.28. The van der Waals surface area contributed by atoms with Gasteiger partial charge in [-0.1, -0.05) is 68.2 Å². The van der Waals surface area contributed by atoms with E-state index in [9.17, 15) is 0 Å². The lowest BCUT2D eigenvalue weighted by Gasteiger charge is -1.68. The van der Waals surface area contributed by atoms with Gasteiger partial charge in [-0.15, -0.1) is 12.8 Å². The molecule has 0 aromatic rings. The Labute approximate surface area is 102 Å². The Bertz CT molecular complexity index is 70.3. The van der Waals surface area contributed by atoms with E-state index in [2.05, 4.69) is 26.7 Å². The number of unbranched alkanes of at least 4 members (excludes halogenated alkanes) is 1. The van der Waals surface area contributed by atoms with Crippen LogP contribution in [0.1, 0.15) is 68.2 Å². The first-order valence-electron chi connectivity index (χ1n) is 5.76. The SMILES string of the molecule is C#C.CC.CC.CC.CCCC.N#CP. The van der Waals surface area contributed by atoms with Crippen molar-refractivity contribution < 1.29 is 0 Å². The molecule has 2 heteroatoms. The molecule has 0 aliphatic heterocycles. The fourth-order valence-electron chi connectivity index (χ4n) is 0. The number of hydrogen-bond acceptors (Lipinski definition) is 1. The summed E-state index contributed by atoms with van der Waals surface area (Å²) in [5.41, 5.74) is 0. The second-order valence-corrected chi connectivity index (χ2v) is 1.39. The highest BCUT2D eigenvalue weighted by Crippen LogP contribution is 1.76. The molecule has 0 aromatic heterocycles. The van der Waals surface area contributed by atoms with Gasteiger partial charge in [0.05, 0.1) is 5.81 Å². The molecule has 15 heavy (non-hydrogen) atoms. The van der Waals surface area contributed by atoms with E-state index in [1.54, 1.807) is 5.81 Å². The molecular weight excluding hydrogens is 201 g/mol. The van der Waals surface area contributed by atoms with Gasteiger partial charge in [0, 0.05) is 0 Å². The van der Waals surface area contributed by atoms with Gasteiger partial charge in [0.25, 0.3) is 0 Å². The predicted molar refractivity (Wildman–Crippen MR) is 79.8 cm³/mol. The summed E-state index contributed by atoms with van der Waals surface area (Å²) in [6.45, 7) is 16.4. The third-order valence-electron chi connectivity index (χ3n) is 0.500. The third-order valence-corrected chi connectivity index (χ3v) is 0.500. The molecule has 0 spiro atoms. The second kappa shape index (κ2) is 341. The first-order valence-corrected chi connectivity index (χ1v) is 6.34. The maximum atomic E-state index is 7.28. The normalized spacial score (nSPS) is 3.87. The first kappa shape index (κ1) is 36.6. The van der Waals surface area contributed by atoms with Gasteiger partial charge in [0.2, 0.25) is 0 Å². The predicted octanol–water partition coefficient (Wildman–Crippen LogP) is 5.48. The van der Waals surface area contributed by atoms with E-state index in [1.807, 2.05) is 50.8 Å². The molecule has 0 aliphatic rings. The Morgan fingerprint density at radius 1 is 0.867 bits per heavy atom. The standard InChI is InChI=1S/C4H10.3C2H6.C2H2.CH2NP/c1-3-4-2;4*1-2;2-1-3/h3-4H2,1-2H3;3*1-2H3;1-2H;3H2. The van der Waals surface area contributed by atoms with Crippen LogP contribution < -0.4 is 0 Å². The van der Waals surface area contributed by atoms with Gasteiger partial charge in [0.15, 0.2) is 0 Å². The second-order valence-electron chi connectivity index (χ2n) is 1.13. The molecule has 1 nitrogen and oxygen atoms in total. The van der Waals surface area contributed by atoms with Gasteiger partial charge in [-0.05, 0) is 9.24 Å². The van der Waals surface area contributed by atoms with Gasteiger partial charge in [0.1, 0.15) is 0 Å². The summed E-state index contributed by atoms with van der Waals surface area (Å²) in [5, 5.41) is 7.28. The maximum Gasteiger partial charge on any atom is 0.0804 e. The zero-order valence-electron chi connectivity index (χ0n) is 12.1. The molecule has 94 valence electrons. The van der Waals surface area contributed by atoms with Gasteiger partial charge < -0.3 is 0 Å². The first-order chi connectivity index (χ1) is 7.33. The molecule has 0 heterocycles. The van der Waals surface area contributed by atoms with Crippen LogP contribution in [0.15, 0.2) is 0 Å². The van der Waals surface area contributed by atoms with Crippen molar-refractivity contribution in [1.82, 2.24) is 0 Å². The molecule has 0 radical (unpaired) electrons. The number of terminal acetylenes is 1. The Kier molecular flexibility index (Phi) is 833. The third kappa shape index (κ3) is 7710. The highest BCUT2D eigenvalue weighted by atomic mass is 31.0. The summed E-state index contributed by atoms with van der Waals surface area (Å²) in [6, 6.07) is 0. The van der Waals surface area contributed by atoms with Gasteiger partial charge in [-0.3, -0.25) is 0 Å². The van der Waals surface area contributed by atoms with Crippen molar-refractivity contribution in [2.24, 2.45) is 0 Å². The fraction of sp³-hybridized carbons (Fsp3) is 0.769. The zero-order valence-corrected chi connectivity index (χ0v) is 13.2. The van der Waals surface area contributed by atoms with E-state index in [-0.39, 0.29) is 0 Å². The molecule has 0 saturated carbocycles. The number of hydrogen-bond donors (Lipinski definition) is 0. The van der Waals surface area contributed by atoms with Crippen molar-refractivity contribution in [3.8, 4) is 18.7 Å². The van der Waals surface area contributed by atoms with Crippen LogP contribution in [0.5, 0.6) is 0 Å². The lowest BCUT2D eigenvalue weighted by molar-refractivity contribution is 0.886. The van der Waals surface area contributed by atoms with Crippen molar-refractivity contribution in [2.75, 3.05) is 0 Å². The van der Waals surface area contributed by atoms with E-state index in [0.29, 0.717) is 0 Å². The molecule has 0 rings (SSSR count). The van der Waals surface area contributed by atoms with Crippen molar-refractivity contribution in [3.05, 3.63) is 0 Å². The zero-order chi connectivity index (χ0) is 14.1. The van der Waals surface area contributed by atoms with E-state index in [4.69, 9.17) is 5.26 Å². The Hall–Kier alpha value is -0.520. The van der Waals surface area contributed by atoms with Crippen molar-refractivity contribution >= 4 is 9.24 Å². The molecule has 1 unspecified atom stereocenters. The van der Waals surface area contributed by atoms with Crippen LogP contribution in [0, 0.1) is 23.9 Å². The Morgan fingerprint density at radius 2 is 0.933 bits per heavy atom. The fourth-order valence-corrected chi connectivity index (χ4v) is 0.